The van der Waals surface area contributed by atoms with E-state index >= 15 is 0 Å². The standard InChI is InChI=1S/C16H19ClN6O/c17-12-1-2-14(23-11-19-20-21-23)13(9-12)15(24)22-7-4-16(5-8-22)3-6-18-10-16/h1-2,9,11,18H,3-8,10H2. The van der Waals surface area contributed by atoms with Gasteiger partial charge in [-0.25, -0.2) is 0 Å². The van der Waals surface area contributed by atoms with Gasteiger partial charge >= 0.3 is 0 Å². The van der Waals surface area contributed by atoms with E-state index in [0.29, 0.717) is 21.7 Å². The van der Waals surface area contributed by atoms with Crippen LogP contribution in [0.15, 0.2) is 24.5 Å². The van der Waals surface area contributed by atoms with Crippen LogP contribution >= 0.6 is 11.6 Å². The molecule has 1 aromatic heterocycles. The summed E-state index contributed by atoms with van der Waals surface area (Å²) in [6.07, 6.45) is 4.79. The summed E-state index contributed by atoms with van der Waals surface area (Å²) >= 11 is 6.12. The Bertz CT molecular complexity index is 731. The van der Waals surface area contributed by atoms with Gasteiger partial charge in [0.2, 0.25) is 0 Å². The quantitative estimate of drug-likeness (QED) is 0.892. The lowest BCUT2D eigenvalue weighted by Crippen LogP contribution is -2.44. The smallest absolute Gasteiger partial charge is 0.256 e. The first-order valence-corrected chi connectivity index (χ1v) is 8.58. The summed E-state index contributed by atoms with van der Waals surface area (Å²) in [5.74, 6) is -0.0104. The van der Waals surface area contributed by atoms with Crippen LogP contribution in [-0.2, 0) is 0 Å². The van der Waals surface area contributed by atoms with E-state index in [0.717, 1.165) is 39.0 Å². The minimum Gasteiger partial charge on any atom is -0.339 e. The zero-order valence-electron chi connectivity index (χ0n) is 13.3. The number of carbonyl (C=O) groups is 1. The number of nitrogens with one attached hydrogen (secondary N) is 1. The first kappa shape index (κ1) is 15.5. The van der Waals surface area contributed by atoms with Gasteiger partial charge < -0.3 is 10.2 Å². The number of amides is 1. The van der Waals surface area contributed by atoms with Crippen LogP contribution < -0.4 is 5.32 Å². The molecule has 0 atom stereocenters. The summed E-state index contributed by atoms with van der Waals surface area (Å²) < 4.78 is 1.50. The largest absolute Gasteiger partial charge is 0.339 e. The molecule has 3 heterocycles. The second kappa shape index (κ2) is 6.14. The molecule has 24 heavy (non-hydrogen) atoms. The van der Waals surface area contributed by atoms with E-state index in [1.807, 2.05) is 4.90 Å². The maximum absolute atomic E-state index is 13.0. The van der Waals surface area contributed by atoms with Gasteiger partial charge in [-0.15, -0.1) is 5.10 Å². The third kappa shape index (κ3) is 2.78. The molecular weight excluding hydrogens is 328 g/mol. The number of aromatic nitrogens is 4. The van der Waals surface area contributed by atoms with Crippen molar-refractivity contribution in [3.63, 3.8) is 0 Å². The Labute approximate surface area is 145 Å². The van der Waals surface area contributed by atoms with Gasteiger partial charge in [0.1, 0.15) is 6.33 Å². The minimum atomic E-state index is -0.0104. The summed E-state index contributed by atoms with van der Waals surface area (Å²) in [7, 11) is 0. The molecule has 1 N–H and O–H groups in total. The summed E-state index contributed by atoms with van der Waals surface area (Å²) in [5, 5.41) is 15.2. The number of nitrogens with zero attached hydrogens (tertiary/aromatic N) is 5. The van der Waals surface area contributed by atoms with Crippen molar-refractivity contribution < 1.29 is 4.79 Å². The molecule has 1 amide bonds. The van der Waals surface area contributed by atoms with Crippen LogP contribution in [0.4, 0.5) is 0 Å². The summed E-state index contributed by atoms with van der Waals surface area (Å²) in [4.78, 5) is 15.0. The highest BCUT2D eigenvalue weighted by Crippen LogP contribution is 2.37. The number of rotatable bonds is 2. The highest BCUT2D eigenvalue weighted by atomic mass is 35.5. The second-order valence-electron chi connectivity index (χ2n) is 6.63. The number of carbonyl (C=O) groups excluding carboxylic acids is 1. The Morgan fingerprint density at radius 1 is 1.25 bits per heavy atom. The maximum atomic E-state index is 13.0. The topological polar surface area (TPSA) is 75.9 Å². The van der Waals surface area contributed by atoms with Crippen molar-refractivity contribution in [1.82, 2.24) is 30.4 Å². The zero-order valence-corrected chi connectivity index (χ0v) is 14.0. The number of benzene rings is 1. The summed E-state index contributed by atoms with van der Waals surface area (Å²) in [6, 6.07) is 5.21. The van der Waals surface area contributed by atoms with Crippen LogP contribution in [0.25, 0.3) is 5.69 Å². The molecule has 4 rings (SSSR count). The van der Waals surface area contributed by atoms with Crippen molar-refractivity contribution in [3.8, 4) is 5.69 Å². The molecule has 1 spiro atoms. The van der Waals surface area contributed by atoms with Gasteiger partial charge in [-0.05, 0) is 59.8 Å². The lowest BCUT2D eigenvalue weighted by molar-refractivity contribution is 0.0607. The Morgan fingerprint density at radius 3 is 2.75 bits per heavy atom. The Balaban J connectivity index is 1.58. The molecule has 0 radical (unpaired) electrons. The molecule has 7 nitrogen and oxygen atoms in total. The van der Waals surface area contributed by atoms with Crippen LogP contribution in [0, 0.1) is 5.41 Å². The second-order valence-corrected chi connectivity index (χ2v) is 7.07. The van der Waals surface area contributed by atoms with Crippen LogP contribution in [0.1, 0.15) is 29.6 Å². The first-order valence-electron chi connectivity index (χ1n) is 8.20. The molecule has 2 aliphatic rings. The molecule has 126 valence electrons. The molecule has 2 fully saturated rings. The third-order valence-electron chi connectivity index (χ3n) is 5.23. The van der Waals surface area contributed by atoms with Gasteiger partial charge in [-0.2, -0.15) is 4.68 Å². The number of hydrogen-bond acceptors (Lipinski definition) is 5. The van der Waals surface area contributed by atoms with E-state index in [1.165, 1.54) is 17.4 Å². The molecule has 0 aliphatic carbocycles. The normalized spacial score (nSPS) is 19.8. The van der Waals surface area contributed by atoms with Crippen molar-refractivity contribution >= 4 is 17.5 Å². The fourth-order valence-electron chi connectivity index (χ4n) is 3.73. The summed E-state index contributed by atoms with van der Waals surface area (Å²) in [5.41, 5.74) is 1.57. The molecule has 0 unspecified atom stereocenters. The van der Waals surface area contributed by atoms with Crippen molar-refractivity contribution in [3.05, 3.63) is 35.1 Å². The highest BCUT2D eigenvalue weighted by molar-refractivity contribution is 6.31. The summed E-state index contributed by atoms with van der Waals surface area (Å²) in [6.45, 7) is 3.72. The number of likely N-dealkylation sites (tertiary alicyclic amines) is 1. The van der Waals surface area contributed by atoms with Gasteiger partial charge in [-0.1, -0.05) is 11.6 Å². The minimum absolute atomic E-state index is 0.0104. The first-order chi connectivity index (χ1) is 11.7. The van der Waals surface area contributed by atoms with Crippen LogP contribution in [0.2, 0.25) is 5.02 Å². The Hall–Kier alpha value is -1.99. The number of tetrazole rings is 1. The predicted molar refractivity (Wildman–Crippen MR) is 89.2 cm³/mol. The van der Waals surface area contributed by atoms with Crippen molar-refractivity contribution in [2.24, 2.45) is 5.41 Å². The zero-order chi connectivity index (χ0) is 16.6. The van der Waals surface area contributed by atoms with Crippen LogP contribution in [0.5, 0.6) is 0 Å². The van der Waals surface area contributed by atoms with Gasteiger partial charge in [0.25, 0.3) is 5.91 Å². The SMILES string of the molecule is O=C(c1cc(Cl)ccc1-n1cnnn1)N1CCC2(CCNC2)CC1. The lowest BCUT2D eigenvalue weighted by Gasteiger charge is -2.39. The fourth-order valence-corrected chi connectivity index (χ4v) is 3.90. The molecule has 8 heteroatoms. The lowest BCUT2D eigenvalue weighted by atomic mass is 9.78. The molecule has 0 saturated carbocycles. The van der Waals surface area contributed by atoms with E-state index in [-0.39, 0.29) is 5.91 Å². The average Bonchev–Trinajstić information content (AvgIpc) is 3.27. The van der Waals surface area contributed by atoms with Crippen molar-refractivity contribution in [2.75, 3.05) is 26.2 Å². The molecular formula is C16H19ClN6O. The van der Waals surface area contributed by atoms with E-state index in [4.69, 9.17) is 11.6 Å². The molecule has 2 aromatic rings. The van der Waals surface area contributed by atoms with E-state index in [1.54, 1.807) is 18.2 Å². The third-order valence-corrected chi connectivity index (χ3v) is 5.46. The molecule has 2 saturated heterocycles. The van der Waals surface area contributed by atoms with E-state index in [9.17, 15) is 4.79 Å². The maximum Gasteiger partial charge on any atom is 0.256 e. The number of hydrogen-bond donors (Lipinski definition) is 1. The monoisotopic (exact) mass is 346 g/mol. The number of piperidine rings is 1. The Kier molecular flexibility index (Phi) is 3.97. The predicted octanol–water partition coefficient (Wildman–Crippen LogP) is 1.53. The van der Waals surface area contributed by atoms with E-state index in [2.05, 4.69) is 20.8 Å². The van der Waals surface area contributed by atoms with Gasteiger partial charge in [0.05, 0.1) is 11.3 Å². The molecule has 0 bridgehead atoms. The van der Waals surface area contributed by atoms with Crippen LogP contribution in [-0.4, -0.2) is 57.2 Å². The fraction of sp³-hybridized carbons (Fsp3) is 0.500. The van der Waals surface area contributed by atoms with Gasteiger partial charge in [0.15, 0.2) is 0 Å². The molecule has 1 aromatic carbocycles. The highest BCUT2D eigenvalue weighted by Gasteiger charge is 2.38. The van der Waals surface area contributed by atoms with Crippen molar-refractivity contribution in [2.45, 2.75) is 19.3 Å². The Morgan fingerprint density at radius 2 is 2.08 bits per heavy atom. The number of halogens is 1. The van der Waals surface area contributed by atoms with Gasteiger partial charge in [-0.3, -0.25) is 4.79 Å². The average molecular weight is 347 g/mol. The van der Waals surface area contributed by atoms with Gasteiger partial charge in [0, 0.05) is 24.7 Å². The van der Waals surface area contributed by atoms with E-state index < -0.39 is 0 Å². The molecule has 2 aliphatic heterocycles. The van der Waals surface area contributed by atoms with Crippen LogP contribution in [0.3, 0.4) is 0 Å². The van der Waals surface area contributed by atoms with Crippen molar-refractivity contribution in [1.29, 1.82) is 0 Å².